The van der Waals surface area contributed by atoms with Crippen LogP contribution in [-0.2, 0) is 9.59 Å². The van der Waals surface area contributed by atoms with Gasteiger partial charge in [-0.25, -0.2) is 0 Å². The first-order valence-corrected chi connectivity index (χ1v) is 7.13. The molecule has 3 aromatic rings. The van der Waals surface area contributed by atoms with Crippen LogP contribution in [0.5, 0.6) is 17.4 Å². The van der Waals surface area contributed by atoms with Gasteiger partial charge in [-0.15, -0.1) is 5.10 Å². The van der Waals surface area contributed by atoms with Gasteiger partial charge in [0.05, 0.1) is 6.61 Å². The zero-order valence-corrected chi connectivity index (χ0v) is 12.9. The molecular weight excluding hydrogens is 310 g/mol. The molecule has 1 heterocycles. The Bertz CT molecular complexity index is 763. The molecule has 0 aliphatic rings. The Kier molecular flexibility index (Phi) is 6.25. The van der Waals surface area contributed by atoms with Crippen LogP contribution >= 0.6 is 0 Å². The number of H-pyrrole nitrogens is 1. The summed E-state index contributed by atoms with van der Waals surface area (Å²) >= 11 is 0. The van der Waals surface area contributed by atoms with Gasteiger partial charge in [-0.05, 0) is 42.3 Å². The van der Waals surface area contributed by atoms with Crippen LogP contribution in [0.1, 0.15) is 6.92 Å². The van der Waals surface area contributed by atoms with Gasteiger partial charge in [0, 0.05) is 0 Å². The summed E-state index contributed by atoms with van der Waals surface area (Å²) < 4.78 is 11.0. The van der Waals surface area contributed by atoms with Gasteiger partial charge < -0.3 is 9.47 Å². The Morgan fingerprint density at radius 2 is 1.50 bits per heavy atom. The molecule has 7 nitrogen and oxygen atoms in total. The van der Waals surface area contributed by atoms with Gasteiger partial charge in [0.2, 0.25) is 0 Å². The molecule has 0 amide bonds. The maximum atomic E-state index is 8.12. The minimum absolute atomic E-state index is 0.250. The average Bonchev–Trinajstić information content (AvgIpc) is 3.10. The van der Waals surface area contributed by atoms with Crippen molar-refractivity contribution in [3.63, 3.8) is 0 Å². The molecule has 1 N–H and O–H groups in total. The number of ether oxygens (including phenoxy) is 2. The summed E-state index contributed by atoms with van der Waals surface area (Å²) in [4.78, 5) is 16.2. The molecule has 7 heteroatoms. The summed E-state index contributed by atoms with van der Waals surface area (Å²) in [5, 5.41) is 10.0. The first kappa shape index (κ1) is 16.9. The Morgan fingerprint density at radius 1 is 0.958 bits per heavy atom. The van der Waals surface area contributed by atoms with E-state index in [2.05, 4.69) is 15.4 Å². The molecule has 0 atom stereocenters. The molecule has 0 aliphatic heterocycles. The normalized spacial score (nSPS) is 9.38. The highest BCUT2D eigenvalue weighted by atomic mass is 16.5. The molecule has 0 unspecified atom stereocenters. The van der Waals surface area contributed by atoms with Gasteiger partial charge in [0.25, 0.3) is 5.88 Å². The van der Waals surface area contributed by atoms with E-state index in [-0.39, 0.29) is 6.15 Å². The van der Waals surface area contributed by atoms with Gasteiger partial charge in [-0.1, -0.05) is 24.3 Å². The highest BCUT2D eigenvalue weighted by Crippen LogP contribution is 2.26. The molecule has 0 aliphatic carbocycles. The van der Waals surface area contributed by atoms with Crippen molar-refractivity contribution < 1.29 is 19.1 Å². The average molecular weight is 325 g/mol. The van der Waals surface area contributed by atoms with Crippen LogP contribution in [0.15, 0.2) is 54.7 Å². The van der Waals surface area contributed by atoms with Crippen molar-refractivity contribution in [3.05, 3.63) is 54.7 Å². The molecule has 122 valence electrons. The molecule has 0 spiro atoms. The Hall–Kier alpha value is -3.44. The maximum Gasteiger partial charge on any atom is 0.373 e. The molecule has 1 aromatic heterocycles. The first-order valence-electron chi connectivity index (χ1n) is 7.13. The van der Waals surface area contributed by atoms with Gasteiger partial charge in [-0.2, -0.15) is 19.9 Å². The number of aromatic amines is 1. The smallest absolute Gasteiger partial charge is 0.373 e. The number of rotatable bonds is 5. The van der Waals surface area contributed by atoms with Gasteiger partial charge in [0.15, 0.2) is 0 Å². The largest absolute Gasteiger partial charge is 0.494 e. The van der Waals surface area contributed by atoms with Crippen LogP contribution in [-0.4, -0.2) is 28.2 Å². The third-order valence-electron chi connectivity index (χ3n) is 2.97. The molecule has 24 heavy (non-hydrogen) atoms. The topological polar surface area (TPSA) is 94.2 Å². The number of hydrogen-bond donors (Lipinski definition) is 1. The fourth-order valence-corrected chi connectivity index (χ4v) is 1.99. The van der Waals surface area contributed by atoms with Crippen molar-refractivity contribution in [2.75, 3.05) is 6.61 Å². The second-order valence-electron chi connectivity index (χ2n) is 4.48. The van der Waals surface area contributed by atoms with E-state index >= 15 is 0 Å². The highest BCUT2D eigenvalue weighted by Gasteiger charge is 2.02. The van der Waals surface area contributed by atoms with Crippen molar-refractivity contribution in [1.82, 2.24) is 15.4 Å². The van der Waals surface area contributed by atoms with Gasteiger partial charge >= 0.3 is 6.15 Å². The Morgan fingerprint density at radius 3 is 1.96 bits per heavy atom. The number of nitrogens with zero attached hydrogens (tertiary/aromatic N) is 2. The third-order valence-corrected chi connectivity index (χ3v) is 2.97. The standard InChI is InChI=1S/C16H15N3O2.CO2/c1-2-20-14-7-3-12(4-8-14)13-5-9-15(10-6-13)21-16-11-17-19-18-16;2-1-3/h3-11H,2H2,1H3,(H,17,18,19);. The van der Waals surface area contributed by atoms with Crippen molar-refractivity contribution in [2.45, 2.75) is 6.92 Å². The summed E-state index contributed by atoms with van der Waals surface area (Å²) in [6.07, 6.45) is 1.78. The number of aromatic nitrogens is 3. The lowest BCUT2D eigenvalue weighted by Crippen LogP contribution is -1.90. The monoisotopic (exact) mass is 325 g/mol. The molecule has 0 bridgehead atoms. The minimum Gasteiger partial charge on any atom is -0.494 e. The first-order chi connectivity index (χ1) is 11.8. The molecule has 0 radical (unpaired) electrons. The van der Waals surface area contributed by atoms with Crippen LogP contribution in [0.25, 0.3) is 11.1 Å². The minimum atomic E-state index is 0.250. The predicted molar refractivity (Wildman–Crippen MR) is 84.5 cm³/mol. The lowest BCUT2D eigenvalue weighted by atomic mass is 10.1. The maximum absolute atomic E-state index is 8.12. The fourth-order valence-electron chi connectivity index (χ4n) is 1.99. The highest BCUT2D eigenvalue weighted by molar-refractivity contribution is 5.64. The van der Waals surface area contributed by atoms with Crippen LogP contribution < -0.4 is 9.47 Å². The summed E-state index contributed by atoms with van der Waals surface area (Å²) in [6, 6.07) is 15.8. The summed E-state index contributed by atoms with van der Waals surface area (Å²) in [7, 11) is 0. The van der Waals surface area contributed by atoms with E-state index in [1.807, 2.05) is 55.5 Å². The van der Waals surface area contributed by atoms with Crippen molar-refractivity contribution >= 4 is 6.15 Å². The summed E-state index contributed by atoms with van der Waals surface area (Å²) in [5.74, 6) is 2.05. The van der Waals surface area contributed by atoms with E-state index in [1.165, 1.54) is 6.20 Å². The zero-order valence-electron chi connectivity index (χ0n) is 12.9. The Labute approximate surface area is 138 Å². The van der Waals surface area contributed by atoms with E-state index in [0.29, 0.717) is 12.5 Å². The molecule has 0 saturated carbocycles. The molecule has 0 saturated heterocycles. The number of hydrogen-bond acceptors (Lipinski definition) is 6. The van der Waals surface area contributed by atoms with Crippen molar-refractivity contribution in [1.29, 1.82) is 0 Å². The van der Waals surface area contributed by atoms with E-state index < -0.39 is 0 Å². The lowest BCUT2D eigenvalue weighted by molar-refractivity contribution is -0.191. The van der Waals surface area contributed by atoms with E-state index in [1.54, 1.807) is 0 Å². The Balaban J connectivity index is 0.000000647. The van der Waals surface area contributed by atoms with Crippen molar-refractivity contribution in [2.24, 2.45) is 0 Å². The molecule has 0 fully saturated rings. The zero-order chi connectivity index (χ0) is 17.2. The van der Waals surface area contributed by atoms with E-state index in [0.717, 1.165) is 22.6 Å². The molecular formula is C17H15N3O4. The number of carbonyl (C=O) groups excluding carboxylic acids is 2. The van der Waals surface area contributed by atoms with Crippen molar-refractivity contribution in [3.8, 4) is 28.5 Å². The third kappa shape index (κ3) is 4.79. The van der Waals surface area contributed by atoms with E-state index in [4.69, 9.17) is 19.1 Å². The lowest BCUT2D eigenvalue weighted by Gasteiger charge is -2.06. The number of nitrogens with one attached hydrogen (secondary N) is 1. The predicted octanol–water partition coefficient (Wildman–Crippen LogP) is 3.08. The molecule has 2 aromatic carbocycles. The summed E-state index contributed by atoms with van der Waals surface area (Å²) in [5.41, 5.74) is 2.25. The van der Waals surface area contributed by atoms with Crippen LogP contribution in [0, 0.1) is 0 Å². The summed E-state index contributed by atoms with van der Waals surface area (Å²) in [6.45, 7) is 2.65. The van der Waals surface area contributed by atoms with Gasteiger partial charge in [0.1, 0.15) is 17.7 Å². The molecule has 3 rings (SSSR count). The second kappa shape index (κ2) is 8.87. The fraction of sp³-hybridized carbons (Fsp3) is 0.118. The SMILES string of the molecule is CCOc1ccc(-c2ccc(Oc3cn[nH]n3)cc2)cc1.O=C=O. The van der Waals surface area contributed by atoms with Crippen LogP contribution in [0.2, 0.25) is 0 Å². The van der Waals surface area contributed by atoms with Gasteiger partial charge in [-0.3, -0.25) is 0 Å². The second-order valence-corrected chi connectivity index (χ2v) is 4.48. The number of benzene rings is 2. The quantitative estimate of drug-likeness (QED) is 0.774. The van der Waals surface area contributed by atoms with Crippen LogP contribution in [0.3, 0.4) is 0 Å². The van der Waals surface area contributed by atoms with E-state index in [9.17, 15) is 0 Å². The van der Waals surface area contributed by atoms with Crippen LogP contribution in [0.4, 0.5) is 0 Å².